The zero-order valence-corrected chi connectivity index (χ0v) is 40.0. The number of nitrogens with one attached hydrogen (secondary N) is 2. The van der Waals surface area contributed by atoms with Crippen LogP contribution in [0.25, 0.3) is 6.08 Å². The lowest BCUT2D eigenvalue weighted by molar-refractivity contribution is 0.0547. The van der Waals surface area contributed by atoms with Gasteiger partial charge < -0.3 is 59.9 Å². The summed E-state index contributed by atoms with van der Waals surface area (Å²) in [5.41, 5.74) is 13.1. The van der Waals surface area contributed by atoms with Crippen LogP contribution in [0.5, 0.6) is 46.0 Å². The summed E-state index contributed by atoms with van der Waals surface area (Å²) in [6.45, 7) is 4.26. The van der Waals surface area contributed by atoms with E-state index in [-0.39, 0.29) is 35.4 Å². The predicted octanol–water partition coefficient (Wildman–Crippen LogP) is 4.33. The normalized spacial score (nSPS) is 15.8. The van der Waals surface area contributed by atoms with Gasteiger partial charge >= 0.3 is 0 Å². The van der Waals surface area contributed by atoms with Gasteiger partial charge in [-0.1, -0.05) is 0 Å². The van der Waals surface area contributed by atoms with Gasteiger partial charge in [-0.25, -0.2) is 0 Å². The van der Waals surface area contributed by atoms with Crippen molar-refractivity contribution in [2.75, 3.05) is 58.8 Å². The maximum atomic E-state index is 13.6. The Morgan fingerprint density at radius 1 is 0.768 bits per heavy atom. The third kappa shape index (κ3) is 16.3. The van der Waals surface area contributed by atoms with Gasteiger partial charge in [0.2, 0.25) is 0 Å². The van der Waals surface area contributed by atoms with Crippen LogP contribution in [0.1, 0.15) is 71.6 Å². The fourth-order valence-electron chi connectivity index (χ4n) is 6.73. The number of carbonyl (C=O) groups excluding carboxylic acids is 1. The second-order valence-corrected chi connectivity index (χ2v) is 18.9. The van der Waals surface area contributed by atoms with Crippen molar-refractivity contribution < 1.29 is 79.2 Å². The van der Waals surface area contributed by atoms with Crippen molar-refractivity contribution in [3.05, 3.63) is 101 Å². The highest BCUT2D eigenvalue weighted by Gasteiger charge is 2.46. The highest BCUT2D eigenvalue weighted by molar-refractivity contribution is 7.86. The van der Waals surface area contributed by atoms with Crippen molar-refractivity contribution in [1.29, 1.82) is 10.8 Å². The number of nitrogens with two attached hydrogens (primary N) is 2. The summed E-state index contributed by atoms with van der Waals surface area (Å²) in [7, 11) is -4.77. The number of benzene rings is 4. The third-order valence-corrected chi connectivity index (χ3v) is 11.5. The number of ketones is 1. The lowest BCUT2D eigenvalue weighted by Gasteiger charge is -2.39. The van der Waals surface area contributed by atoms with Gasteiger partial charge in [0.05, 0.1) is 63.6 Å². The Bertz CT molecular complexity index is 2580. The number of fused-ring (bicyclic) bond motifs is 6. The number of phenolic OH excluding ortho intramolecular Hbond substituents is 1. The van der Waals surface area contributed by atoms with Crippen molar-refractivity contribution in [3.8, 4) is 46.0 Å². The first-order valence-corrected chi connectivity index (χ1v) is 24.4. The molecule has 376 valence electrons. The maximum absolute atomic E-state index is 13.6. The molecule has 7 rings (SSSR count). The first-order chi connectivity index (χ1) is 32.5. The van der Waals surface area contributed by atoms with E-state index in [1.54, 1.807) is 43.5 Å². The Kier molecular flexibility index (Phi) is 19.6. The Hall–Kier alpha value is -6.63. The largest absolute Gasteiger partial charge is 0.507 e. The number of unbranched alkanes of at least 4 members (excludes halogenated alkanes) is 2. The van der Waals surface area contributed by atoms with E-state index in [2.05, 4.69) is 0 Å². The summed E-state index contributed by atoms with van der Waals surface area (Å²) in [6.07, 6.45) is 6.14. The van der Waals surface area contributed by atoms with E-state index in [0.29, 0.717) is 64.2 Å². The van der Waals surface area contributed by atoms with Gasteiger partial charge in [-0.05, 0) is 99.9 Å². The minimum atomic E-state index is -3.92. The molecule has 0 saturated carbocycles. The SMILES string of the molecule is COc1cc2c(cc1OC)C1C(=O)c3c(O)cc4c(c3OC1CO2)C=CC(C)(C)O4.N=C(N)c1ccc(OCCCCCOc2ccc(C(=N)N)cc2)cc1.O=S(=O)(O)CCO.O=S(=O)(O)CCO. The molecule has 4 aromatic rings. The minimum absolute atomic E-state index is 0.0579. The summed E-state index contributed by atoms with van der Waals surface area (Å²) in [6, 6.07) is 19.3. The van der Waals surface area contributed by atoms with Crippen LogP contribution in [-0.2, 0) is 20.2 Å². The zero-order valence-electron chi connectivity index (χ0n) is 38.3. The summed E-state index contributed by atoms with van der Waals surface area (Å²) in [5.74, 6) is 1.87. The van der Waals surface area contributed by atoms with Gasteiger partial charge in [-0.2, -0.15) is 16.8 Å². The number of hydrogen-bond acceptors (Lipinski definition) is 17. The van der Waals surface area contributed by atoms with E-state index < -0.39 is 62.6 Å². The molecule has 3 aliphatic heterocycles. The molecule has 0 bridgehead atoms. The molecule has 0 spiro atoms. The molecule has 4 aromatic carbocycles. The van der Waals surface area contributed by atoms with Crippen molar-refractivity contribution in [2.45, 2.75) is 50.7 Å². The third-order valence-electron chi connectivity index (χ3n) is 10.1. The van der Waals surface area contributed by atoms with Crippen LogP contribution < -0.4 is 44.6 Å². The van der Waals surface area contributed by atoms with E-state index >= 15 is 0 Å². The van der Waals surface area contributed by atoms with Crippen LogP contribution in [0.4, 0.5) is 0 Å². The number of methoxy groups -OCH3 is 2. The van der Waals surface area contributed by atoms with E-state index in [4.69, 9.17) is 74.8 Å². The zero-order chi connectivity index (χ0) is 51.1. The van der Waals surface area contributed by atoms with Gasteiger partial charge in [0, 0.05) is 28.8 Å². The fraction of sp³-hybridized carbons (Fsp3) is 0.370. The molecule has 23 heteroatoms. The quantitative estimate of drug-likeness (QED) is 0.0326. The number of amidine groups is 2. The van der Waals surface area contributed by atoms with Crippen molar-refractivity contribution in [3.63, 3.8) is 0 Å². The highest BCUT2D eigenvalue weighted by Crippen LogP contribution is 2.52. The van der Waals surface area contributed by atoms with Crippen LogP contribution in [-0.4, -0.2) is 129 Å². The van der Waals surface area contributed by atoms with E-state index in [1.165, 1.54) is 13.2 Å². The Morgan fingerprint density at radius 3 is 1.70 bits per heavy atom. The first kappa shape index (κ1) is 55.0. The number of ether oxygens (including phenoxy) is 7. The second-order valence-electron chi connectivity index (χ2n) is 15.8. The molecule has 11 N–H and O–H groups in total. The van der Waals surface area contributed by atoms with Gasteiger partial charge in [-0.15, -0.1) is 0 Å². The molecule has 0 saturated heterocycles. The molecule has 2 atom stereocenters. The smallest absolute Gasteiger partial charge is 0.267 e. The lowest BCUT2D eigenvalue weighted by atomic mass is 9.80. The molecule has 0 fully saturated rings. The van der Waals surface area contributed by atoms with Crippen LogP contribution in [0, 0.1) is 10.8 Å². The molecule has 21 nitrogen and oxygen atoms in total. The predicted molar refractivity (Wildman–Crippen MR) is 255 cm³/mol. The molecule has 3 aliphatic rings. The average Bonchev–Trinajstić information content (AvgIpc) is 3.27. The van der Waals surface area contributed by atoms with Gasteiger partial charge in [-0.3, -0.25) is 24.7 Å². The summed E-state index contributed by atoms with van der Waals surface area (Å²) >= 11 is 0. The lowest BCUT2D eigenvalue weighted by Crippen LogP contribution is -2.43. The summed E-state index contributed by atoms with van der Waals surface area (Å²) < 4.78 is 94.3. The maximum Gasteiger partial charge on any atom is 0.267 e. The standard InChI is InChI=1S/C23H22O7.C19H24N4O2.2C2H6O4S/c1-23(2)6-5-11-15(30-23)8-13(24)20-21(25)19-12-7-16(26-3)17(27-4)9-14(12)28-10-18(19)29-22(11)20;20-18(21)14-4-8-16(9-5-14)24-12-2-1-3-13-25-17-10-6-15(7-11-17)19(22)23;2*3-1-2-7(4,5)6/h5-9,18-19,24H,10H2,1-4H3;4-11H,1-3,12-13H2,(H3,20,21)(H3,22,23);2*3H,1-2H2,(H,4,5,6). The molecule has 0 amide bonds. The van der Waals surface area contributed by atoms with E-state index in [1.807, 2.05) is 50.3 Å². The number of aromatic hydroxyl groups is 1. The van der Waals surface area contributed by atoms with E-state index in [0.717, 1.165) is 30.8 Å². The molecule has 0 aliphatic carbocycles. The van der Waals surface area contributed by atoms with Gasteiger partial charge in [0.15, 0.2) is 17.3 Å². The topological polar surface area (TPSA) is 351 Å². The Balaban J connectivity index is 0.000000239. The number of hydrogen-bond donors (Lipinski definition) is 9. The molecule has 2 unspecified atom stereocenters. The van der Waals surface area contributed by atoms with Gasteiger partial charge in [0.25, 0.3) is 20.2 Å². The number of Topliss-reactive ketones (excluding diaryl/α,β-unsaturated/α-hetero) is 1. The van der Waals surface area contributed by atoms with Crippen LogP contribution in [0.15, 0.2) is 72.8 Å². The van der Waals surface area contributed by atoms with Crippen molar-refractivity contribution in [2.24, 2.45) is 11.5 Å². The fourth-order valence-corrected chi connectivity index (χ4v) is 7.19. The number of nitrogen functional groups attached to an aromatic ring is 2. The molecular weight excluding hydrogens is 945 g/mol. The number of aliphatic hydroxyl groups is 2. The number of aliphatic hydroxyl groups excluding tert-OH is 2. The first-order valence-electron chi connectivity index (χ1n) is 21.2. The highest BCUT2D eigenvalue weighted by atomic mass is 32.2. The molecular formula is C46H58N4O17S2. The number of phenols is 1. The Morgan fingerprint density at radius 2 is 1.26 bits per heavy atom. The van der Waals surface area contributed by atoms with Crippen LogP contribution in [0.3, 0.4) is 0 Å². The molecule has 0 radical (unpaired) electrons. The van der Waals surface area contributed by atoms with Crippen LogP contribution in [0.2, 0.25) is 0 Å². The van der Waals surface area contributed by atoms with E-state index in [9.17, 15) is 26.7 Å². The Labute approximate surface area is 400 Å². The minimum Gasteiger partial charge on any atom is -0.507 e. The number of rotatable bonds is 16. The summed E-state index contributed by atoms with van der Waals surface area (Å²) in [5, 5.41) is 41.1. The van der Waals surface area contributed by atoms with Crippen LogP contribution >= 0.6 is 0 Å². The van der Waals surface area contributed by atoms with Gasteiger partial charge in [0.1, 0.15) is 70.0 Å². The second kappa shape index (κ2) is 24.6. The monoisotopic (exact) mass is 1000 g/mol. The molecule has 3 heterocycles. The van der Waals surface area contributed by atoms with Crippen molar-refractivity contribution in [1.82, 2.24) is 0 Å². The number of carbonyl (C=O) groups is 1. The average molecular weight is 1000 g/mol. The summed E-state index contributed by atoms with van der Waals surface area (Å²) in [4.78, 5) is 13.6. The molecule has 69 heavy (non-hydrogen) atoms. The van der Waals surface area contributed by atoms with Crippen molar-refractivity contribution >= 4 is 43.8 Å². The molecule has 0 aromatic heterocycles.